The highest BCUT2D eigenvalue weighted by Crippen LogP contribution is 2.35. The van der Waals surface area contributed by atoms with Crippen molar-refractivity contribution in [3.8, 4) is 0 Å². The maximum absolute atomic E-state index is 13.4. The summed E-state index contributed by atoms with van der Waals surface area (Å²) in [5, 5.41) is 2.85. The van der Waals surface area contributed by atoms with Gasteiger partial charge >= 0.3 is 0 Å². The Hall–Kier alpha value is -3.03. The van der Waals surface area contributed by atoms with E-state index in [1.54, 1.807) is 12.1 Å². The van der Waals surface area contributed by atoms with Gasteiger partial charge in [-0.1, -0.05) is 31.2 Å². The summed E-state index contributed by atoms with van der Waals surface area (Å²) in [5.74, 6) is -2.12. The van der Waals surface area contributed by atoms with Gasteiger partial charge in [-0.05, 0) is 50.8 Å². The minimum atomic E-state index is -0.721. The van der Waals surface area contributed by atoms with Gasteiger partial charge in [0.2, 0.25) is 23.6 Å². The SMILES string of the molecule is CC[C@H](C(=O)NC(C)C)N(Cc1ccc(F)cc1)C(=O)CCN1C(=O)[C@H]2CC=CC[C@H]2C1=O. The standard InChI is InChI=1S/C25H32FN3O4/c1-4-21(23(31)27-16(2)3)29(15-17-9-11-18(26)12-10-17)22(30)13-14-28-24(32)19-7-5-6-8-20(19)25(28)33/h5-6,9-12,16,19-21H,4,7-8,13-15H2,1-3H3,(H,27,31)/t19-,20+,21-/m1/s1. The van der Waals surface area contributed by atoms with Crippen LogP contribution in [-0.2, 0) is 25.7 Å². The van der Waals surface area contributed by atoms with Gasteiger partial charge in [0.15, 0.2) is 0 Å². The molecule has 1 heterocycles. The van der Waals surface area contributed by atoms with E-state index >= 15 is 0 Å². The Labute approximate surface area is 194 Å². The number of hydrogen-bond acceptors (Lipinski definition) is 4. The zero-order valence-corrected chi connectivity index (χ0v) is 19.4. The van der Waals surface area contributed by atoms with Gasteiger partial charge in [0.05, 0.1) is 11.8 Å². The molecule has 0 unspecified atom stereocenters. The third-order valence-electron chi connectivity index (χ3n) is 6.23. The number of rotatable bonds is 9. The number of amides is 4. The maximum atomic E-state index is 13.4. The van der Waals surface area contributed by atoms with Gasteiger partial charge in [-0.2, -0.15) is 0 Å². The van der Waals surface area contributed by atoms with E-state index < -0.39 is 6.04 Å². The Morgan fingerprint density at radius 2 is 1.67 bits per heavy atom. The van der Waals surface area contributed by atoms with E-state index in [9.17, 15) is 23.6 Å². The molecule has 1 saturated heterocycles. The molecule has 1 aromatic carbocycles. The highest BCUT2D eigenvalue weighted by molar-refractivity contribution is 6.05. The molecule has 3 rings (SSSR count). The molecule has 1 aliphatic carbocycles. The van der Waals surface area contributed by atoms with Crippen LogP contribution >= 0.6 is 0 Å². The average molecular weight is 458 g/mol. The van der Waals surface area contributed by atoms with Crippen molar-refractivity contribution in [2.75, 3.05) is 6.54 Å². The molecule has 4 amide bonds. The number of nitrogens with zero attached hydrogens (tertiary/aromatic N) is 2. The van der Waals surface area contributed by atoms with E-state index in [1.807, 2.05) is 32.9 Å². The lowest BCUT2D eigenvalue weighted by atomic mass is 9.85. The Kier molecular flexibility index (Phi) is 8.00. The Bertz CT molecular complexity index is 902. The van der Waals surface area contributed by atoms with Crippen molar-refractivity contribution in [3.63, 3.8) is 0 Å². The van der Waals surface area contributed by atoms with Crippen molar-refractivity contribution in [2.45, 2.75) is 65.1 Å². The smallest absolute Gasteiger partial charge is 0.243 e. The second-order valence-corrected chi connectivity index (χ2v) is 8.97. The van der Waals surface area contributed by atoms with Gasteiger partial charge in [0.25, 0.3) is 0 Å². The van der Waals surface area contributed by atoms with Crippen molar-refractivity contribution in [2.24, 2.45) is 11.8 Å². The lowest BCUT2D eigenvalue weighted by Gasteiger charge is -2.31. The molecule has 3 atom stereocenters. The van der Waals surface area contributed by atoms with E-state index in [-0.39, 0.29) is 66.8 Å². The fraction of sp³-hybridized carbons (Fsp3) is 0.520. The molecule has 33 heavy (non-hydrogen) atoms. The first-order valence-electron chi connectivity index (χ1n) is 11.6. The van der Waals surface area contributed by atoms with Gasteiger partial charge in [-0.25, -0.2) is 4.39 Å². The Balaban J connectivity index is 1.75. The summed E-state index contributed by atoms with van der Waals surface area (Å²) in [5.41, 5.74) is 0.686. The molecule has 0 spiro atoms. The van der Waals surface area contributed by atoms with Crippen molar-refractivity contribution in [1.29, 1.82) is 0 Å². The number of hydrogen-bond donors (Lipinski definition) is 1. The second kappa shape index (κ2) is 10.7. The molecular formula is C25H32FN3O4. The zero-order chi connectivity index (χ0) is 24.1. The molecule has 0 bridgehead atoms. The first kappa shape index (κ1) is 24.6. The van der Waals surface area contributed by atoms with E-state index in [1.165, 1.54) is 21.9 Å². The van der Waals surface area contributed by atoms with Gasteiger partial charge in [0.1, 0.15) is 11.9 Å². The predicted molar refractivity (Wildman–Crippen MR) is 121 cm³/mol. The number of halogens is 1. The summed E-state index contributed by atoms with van der Waals surface area (Å²) in [6.45, 7) is 5.62. The summed E-state index contributed by atoms with van der Waals surface area (Å²) in [6.07, 6.45) is 5.25. The Morgan fingerprint density at radius 1 is 1.09 bits per heavy atom. The Morgan fingerprint density at radius 3 is 2.18 bits per heavy atom. The molecule has 178 valence electrons. The molecule has 1 aliphatic heterocycles. The third-order valence-corrected chi connectivity index (χ3v) is 6.23. The molecule has 1 aromatic rings. The van der Waals surface area contributed by atoms with Crippen LogP contribution in [0.15, 0.2) is 36.4 Å². The number of allylic oxidation sites excluding steroid dienone is 2. The van der Waals surface area contributed by atoms with Crippen LogP contribution in [0.3, 0.4) is 0 Å². The number of carbonyl (C=O) groups is 4. The van der Waals surface area contributed by atoms with Gasteiger partial charge in [0, 0.05) is 25.6 Å². The first-order chi connectivity index (χ1) is 15.7. The lowest BCUT2D eigenvalue weighted by Crippen LogP contribution is -2.51. The average Bonchev–Trinajstić information content (AvgIpc) is 3.02. The number of imide groups is 1. The highest BCUT2D eigenvalue weighted by atomic mass is 19.1. The fourth-order valence-corrected chi connectivity index (χ4v) is 4.53. The van der Waals surface area contributed by atoms with Crippen molar-refractivity contribution < 1.29 is 23.6 Å². The summed E-state index contributed by atoms with van der Waals surface area (Å²) < 4.78 is 13.4. The summed E-state index contributed by atoms with van der Waals surface area (Å²) >= 11 is 0. The van der Waals surface area contributed by atoms with Gasteiger partial charge in [-0.15, -0.1) is 0 Å². The third kappa shape index (κ3) is 5.67. The molecule has 1 N–H and O–H groups in total. The van der Waals surface area contributed by atoms with Crippen molar-refractivity contribution in [1.82, 2.24) is 15.1 Å². The summed E-state index contributed by atoms with van der Waals surface area (Å²) in [7, 11) is 0. The van der Waals surface area contributed by atoms with Crippen LogP contribution < -0.4 is 5.32 Å². The van der Waals surface area contributed by atoms with Crippen LogP contribution in [0.25, 0.3) is 0 Å². The minimum absolute atomic E-state index is 0.00828. The number of carbonyl (C=O) groups excluding carboxylic acids is 4. The zero-order valence-electron chi connectivity index (χ0n) is 19.4. The molecule has 1 fully saturated rings. The molecule has 0 aromatic heterocycles. The molecule has 8 heteroatoms. The number of likely N-dealkylation sites (tertiary alicyclic amines) is 1. The largest absolute Gasteiger partial charge is 0.352 e. The first-order valence-corrected chi connectivity index (χ1v) is 11.6. The van der Waals surface area contributed by atoms with E-state index in [4.69, 9.17) is 0 Å². The highest BCUT2D eigenvalue weighted by Gasteiger charge is 2.47. The van der Waals surface area contributed by atoms with Crippen molar-refractivity contribution >= 4 is 23.6 Å². The molecule has 0 saturated carbocycles. The lowest BCUT2D eigenvalue weighted by molar-refractivity contribution is -0.144. The summed E-state index contributed by atoms with van der Waals surface area (Å²) in [4.78, 5) is 54.2. The molecule has 2 aliphatic rings. The van der Waals surface area contributed by atoms with E-state index in [0.717, 1.165) is 0 Å². The topological polar surface area (TPSA) is 86.8 Å². The maximum Gasteiger partial charge on any atom is 0.243 e. The van der Waals surface area contributed by atoms with Gasteiger partial charge < -0.3 is 10.2 Å². The van der Waals surface area contributed by atoms with Crippen LogP contribution in [0, 0.1) is 17.7 Å². The van der Waals surface area contributed by atoms with Gasteiger partial charge in [-0.3, -0.25) is 24.1 Å². The predicted octanol–water partition coefficient (Wildman–Crippen LogP) is 2.80. The molecular weight excluding hydrogens is 425 g/mol. The van der Waals surface area contributed by atoms with Crippen LogP contribution in [0.5, 0.6) is 0 Å². The second-order valence-electron chi connectivity index (χ2n) is 8.97. The number of benzene rings is 1. The fourth-order valence-electron chi connectivity index (χ4n) is 4.53. The quantitative estimate of drug-likeness (QED) is 0.456. The minimum Gasteiger partial charge on any atom is -0.352 e. The molecule has 7 nitrogen and oxygen atoms in total. The van der Waals surface area contributed by atoms with Crippen LogP contribution in [-0.4, -0.2) is 52.1 Å². The van der Waals surface area contributed by atoms with Crippen molar-refractivity contribution in [3.05, 3.63) is 47.8 Å². The van der Waals surface area contributed by atoms with Crippen LogP contribution in [0.1, 0.15) is 52.0 Å². The van der Waals surface area contributed by atoms with E-state index in [0.29, 0.717) is 24.8 Å². The normalized spacial score (nSPS) is 20.7. The van der Waals surface area contributed by atoms with Crippen LogP contribution in [0.2, 0.25) is 0 Å². The van der Waals surface area contributed by atoms with E-state index in [2.05, 4.69) is 5.32 Å². The number of fused-ring (bicyclic) bond motifs is 1. The monoisotopic (exact) mass is 457 g/mol. The molecule has 0 radical (unpaired) electrons. The number of nitrogens with one attached hydrogen (secondary N) is 1. The summed E-state index contributed by atoms with van der Waals surface area (Å²) in [6, 6.07) is 4.96. The van der Waals surface area contributed by atoms with Crippen LogP contribution in [0.4, 0.5) is 4.39 Å².